The Labute approximate surface area is 196 Å². The lowest BCUT2D eigenvalue weighted by molar-refractivity contribution is -0.633. The molecule has 3 N–H and O–H groups in total. The second kappa shape index (κ2) is 8.83. The van der Waals surface area contributed by atoms with Crippen molar-refractivity contribution >= 4 is 48.5 Å². The molecule has 0 fully saturated rings. The van der Waals surface area contributed by atoms with Crippen LogP contribution < -0.4 is 16.0 Å². The standard InChI is InChI=1S/C22H15NO9S2/c24-12-2-5-15-18(8-12)31-19-9-13(25)3-6-16(19)21(15)14-4-1-11(7-17(14)22(27)28)23-20(26)10-34(30,33)32-29/h1-9,24,29H,10H2,(H,23,26)(H,27,28)/p-1. The first kappa shape index (κ1) is 23.3. The molecule has 1 aliphatic carbocycles. The van der Waals surface area contributed by atoms with Crippen LogP contribution in [0.5, 0.6) is 5.75 Å². The molecular weight excluding hydrogens is 486 g/mol. The molecule has 0 spiro atoms. The number of fused-ring (bicyclic) bond motifs is 2. The number of rotatable bonds is 6. The molecule has 1 atom stereocenters. The Kier molecular flexibility index (Phi) is 6.06. The van der Waals surface area contributed by atoms with E-state index < -0.39 is 26.4 Å². The van der Waals surface area contributed by atoms with Crippen LogP contribution in [0.4, 0.5) is 5.69 Å². The predicted octanol–water partition coefficient (Wildman–Crippen LogP) is 1.86. The van der Waals surface area contributed by atoms with E-state index in [4.69, 9.17) is 4.42 Å². The molecule has 0 saturated heterocycles. The van der Waals surface area contributed by atoms with Gasteiger partial charge in [0.05, 0.1) is 5.56 Å². The lowest BCUT2D eigenvalue weighted by atomic mass is 9.90. The van der Waals surface area contributed by atoms with Crippen LogP contribution in [0.2, 0.25) is 0 Å². The van der Waals surface area contributed by atoms with Gasteiger partial charge in [-0.05, 0) is 42.0 Å². The molecule has 1 heterocycles. The van der Waals surface area contributed by atoms with Gasteiger partial charge < -0.3 is 29.5 Å². The van der Waals surface area contributed by atoms with Crippen molar-refractivity contribution in [2.45, 2.75) is 0 Å². The number of hydrogen-bond acceptors (Lipinski definition) is 9. The molecule has 2 aromatic rings. The lowest BCUT2D eigenvalue weighted by Gasteiger charge is -2.17. The minimum atomic E-state index is -3.78. The van der Waals surface area contributed by atoms with E-state index in [1.807, 2.05) is 0 Å². The number of aromatic carboxylic acids is 1. The van der Waals surface area contributed by atoms with E-state index in [1.165, 1.54) is 48.5 Å². The van der Waals surface area contributed by atoms with E-state index in [9.17, 15) is 34.1 Å². The van der Waals surface area contributed by atoms with Gasteiger partial charge in [0.25, 0.3) is 0 Å². The number of anilines is 1. The molecule has 1 aliphatic heterocycles. The SMILES string of the molecule is O=C(CS(=O)(=S)O[O-])Nc1ccc(-c2c3ccc(=O)cc-3oc3cc(O)ccc23)c(C(=O)O)c1. The van der Waals surface area contributed by atoms with Crippen LogP contribution in [0.25, 0.3) is 33.4 Å². The average Bonchev–Trinajstić information content (AvgIpc) is 2.77. The first-order valence-electron chi connectivity index (χ1n) is 9.49. The summed E-state index contributed by atoms with van der Waals surface area (Å²) in [5.74, 6) is -2.99. The second-order valence-electron chi connectivity index (χ2n) is 7.20. The smallest absolute Gasteiger partial charge is 0.336 e. The highest BCUT2D eigenvalue weighted by atomic mass is 32.8. The van der Waals surface area contributed by atoms with E-state index in [2.05, 4.69) is 20.8 Å². The van der Waals surface area contributed by atoms with Crippen LogP contribution in [0, 0.1) is 0 Å². The maximum Gasteiger partial charge on any atom is 0.336 e. The summed E-state index contributed by atoms with van der Waals surface area (Å²) in [4.78, 5) is 36.1. The first-order chi connectivity index (χ1) is 16.1. The molecule has 1 unspecified atom stereocenters. The van der Waals surface area contributed by atoms with Gasteiger partial charge >= 0.3 is 5.97 Å². The van der Waals surface area contributed by atoms with Gasteiger partial charge in [0.1, 0.15) is 31.6 Å². The Morgan fingerprint density at radius 1 is 1.09 bits per heavy atom. The number of carbonyl (C=O) groups excluding carboxylic acids is 1. The highest BCUT2D eigenvalue weighted by Gasteiger charge is 2.22. The Hall–Kier alpha value is -3.84. The fraction of sp³-hybridized carbons (Fsp3) is 0.0455. The summed E-state index contributed by atoms with van der Waals surface area (Å²) in [6, 6.07) is 12.4. The van der Waals surface area contributed by atoms with E-state index in [1.54, 1.807) is 6.07 Å². The molecule has 0 radical (unpaired) electrons. The van der Waals surface area contributed by atoms with Gasteiger partial charge in [-0.15, -0.1) is 0 Å². The van der Waals surface area contributed by atoms with Crippen molar-refractivity contribution in [1.82, 2.24) is 0 Å². The van der Waals surface area contributed by atoms with Crippen molar-refractivity contribution in [1.29, 1.82) is 0 Å². The first-order valence-corrected chi connectivity index (χ1v) is 12.1. The van der Waals surface area contributed by atoms with Crippen molar-refractivity contribution < 1.29 is 38.0 Å². The van der Waals surface area contributed by atoms with Gasteiger partial charge in [-0.1, -0.05) is 6.07 Å². The Morgan fingerprint density at radius 3 is 2.53 bits per heavy atom. The number of phenolic OH excluding ortho intramolecular Hbond substituents is 1. The third-order valence-electron chi connectivity index (χ3n) is 4.89. The van der Waals surface area contributed by atoms with Gasteiger partial charge in [-0.2, -0.15) is 0 Å². The molecule has 2 aliphatic rings. The molecule has 0 saturated carbocycles. The van der Waals surface area contributed by atoms with Gasteiger partial charge in [0.15, 0.2) is 5.43 Å². The number of carboxylic acid groups (broad SMARTS) is 1. The summed E-state index contributed by atoms with van der Waals surface area (Å²) in [7, 11) is -3.78. The molecule has 174 valence electrons. The van der Waals surface area contributed by atoms with Crippen LogP contribution >= 0.6 is 0 Å². The number of amides is 1. The van der Waals surface area contributed by atoms with Crippen molar-refractivity contribution in [3.05, 3.63) is 70.4 Å². The van der Waals surface area contributed by atoms with E-state index >= 15 is 0 Å². The van der Waals surface area contributed by atoms with Gasteiger partial charge in [-0.25, -0.2) is 9.00 Å². The van der Waals surface area contributed by atoms with Gasteiger partial charge in [0, 0.05) is 45.5 Å². The number of phenols is 1. The highest BCUT2D eigenvalue weighted by Crippen LogP contribution is 2.42. The minimum absolute atomic E-state index is 0.0518. The van der Waals surface area contributed by atoms with E-state index in [0.29, 0.717) is 16.5 Å². The fourth-order valence-electron chi connectivity index (χ4n) is 3.55. The number of carboxylic acids is 1. The number of benzene rings is 3. The summed E-state index contributed by atoms with van der Waals surface area (Å²) in [6.07, 6.45) is 0. The summed E-state index contributed by atoms with van der Waals surface area (Å²) in [6.45, 7) is 0. The molecule has 2 aromatic carbocycles. The number of carbonyl (C=O) groups is 2. The van der Waals surface area contributed by atoms with Crippen molar-refractivity contribution in [2.75, 3.05) is 11.1 Å². The zero-order valence-electron chi connectivity index (χ0n) is 17.0. The quantitative estimate of drug-likeness (QED) is 0.202. The highest BCUT2D eigenvalue weighted by molar-refractivity contribution is 8.30. The van der Waals surface area contributed by atoms with Crippen LogP contribution in [0.1, 0.15) is 10.4 Å². The average molecular weight is 500 g/mol. The Balaban J connectivity index is 1.90. The topological polar surface area (TPSA) is 166 Å². The molecule has 4 rings (SSSR count). The van der Waals surface area contributed by atoms with E-state index in [0.717, 1.165) is 0 Å². The summed E-state index contributed by atoms with van der Waals surface area (Å²) in [5.41, 5.74) is 0.880. The largest absolute Gasteiger partial charge is 0.709 e. The number of hydrogen-bond donors (Lipinski definition) is 3. The maximum absolute atomic E-state index is 12.1. The monoisotopic (exact) mass is 500 g/mol. The molecule has 0 bridgehead atoms. The zero-order valence-corrected chi connectivity index (χ0v) is 18.6. The van der Waals surface area contributed by atoms with Crippen LogP contribution in [0.3, 0.4) is 0 Å². The second-order valence-corrected chi connectivity index (χ2v) is 10.3. The number of nitrogens with one attached hydrogen (secondary N) is 1. The molecule has 34 heavy (non-hydrogen) atoms. The minimum Gasteiger partial charge on any atom is -0.709 e. The molecule has 12 heteroatoms. The maximum atomic E-state index is 12.1. The summed E-state index contributed by atoms with van der Waals surface area (Å²) >= 11 is 4.39. The fourth-order valence-corrected chi connectivity index (χ4v) is 4.31. The normalized spacial score (nSPS) is 13.0. The van der Waals surface area contributed by atoms with Crippen molar-refractivity contribution in [3.8, 4) is 28.2 Å². The third kappa shape index (κ3) is 4.61. The molecule has 1 amide bonds. The van der Waals surface area contributed by atoms with E-state index in [-0.39, 0.29) is 39.3 Å². The Morgan fingerprint density at radius 2 is 1.82 bits per heavy atom. The van der Waals surface area contributed by atoms with Gasteiger partial charge in [0.2, 0.25) is 5.91 Å². The van der Waals surface area contributed by atoms with Gasteiger partial charge in [-0.3, -0.25) is 9.59 Å². The lowest BCUT2D eigenvalue weighted by Crippen LogP contribution is -2.26. The summed E-state index contributed by atoms with van der Waals surface area (Å²) in [5, 5.41) is 32.9. The van der Waals surface area contributed by atoms with Crippen molar-refractivity contribution in [3.63, 3.8) is 0 Å². The van der Waals surface area contributed by atoms with Crippen molar-refractivity contribution in [2.24, 2.45) is 0 Å². The van der Waals surface area contributed by atoms with Crippen LogP contribution in [-0.4, -0.2) is 32.1 Å². The van der Waals surface area contributed by atoms with Crippen LogP contribution in [-0.2, 0) is 29.1 Å². The Bertz CT molecular complexity index is 1590. The molecule has 0 aromatic heterocycles. The van der Waals surface area contributed by atoms with Crippen LogP contribution in [0.15, 0.2) is 63.8 Å². The predicted molar refractivity (Wildman–Crippen MR) is 123 cm³/mol. The number of aromatic hydroxyl groups is 1. The molecular formula is C22H14NO9S2-. The molecule has 10 nitrogen and oxygen atoms in total. The third-order valence-corrected chi connectivity index (χ3v) is 6.23. The summed E-state index contributed by atoms with van der Waals surface area (Å²) < 4.78 is 20.7. The zero-order chi connectivity index (χ0) is 24.6.